The summed E-state index contributed by atoms with van der Waals surface area (Å²) in [6, 6.07) is 4.95. The molecule has 8 heteroatoms. The van der Waals surface area contributed by atoms with Crippen molar-refractivity contribution in [1.29, 1.82) is 0 Å². The number of aromatic nitrogens is 3. The molecule has 4 N–H and O–H groups in total. The van der Waals surface area contributed by atoms with E-state index in [0.29, 0.717) is 16.6 Å². The number of aryl methyl sites for hydroxylation is 1. The van der Waals surface area contributed by atoms with E-state index in [1.807, 2.05) is 0 Å². The van der Waals surface area contributed by atoms with Crippen LogP contribution in [0.2, 0.25) is 0 Å². The molecular formula is C13H10N4O4. The second-order valence-electron chi connectivity index (χ2n) is 4.57. The maximum absolute atomic E-state index is 11.3. The number of hydrogen-bond donors (Lipinski definition) is 3. The average Bonchev–Trinajstić information content (AvgIpc) is 2.71. The van der Waals surface area contributed by atoms with E-state index < -0.39 is 11.9 Å². The maximum atomic E-state index is 11.3. The number of carboxylic acids is 2. The van der Waals surface area contributed by atoms with E-state index in [2.05, 4.69) is 10.2 Å². The van der Waals surface area contributed by atoms with Crippen LogP contribution in [0.5, 0.6) is 0 Å². The Morgan fingerprint density at radius 3 is 2.38 bits per heavy atom. The highest BCUT2D eigenvalue weighted by molar-refractivity contribution is 6.19. The summed E-state index contributed by atoms with van der Waals surface area (Å²) >= 11 is 0. The number of hydrogen-bond acceptors (Lipinski definition) is 5. The molecule has 8 nitrogen and oxygen atoms in total. The van der Waals surface area contributed by atoms with Crippen LogP contribution in [0.25, 0.3) is 21.8 Å². The van der Waals surface area contributed by atoms with Gasteiger partial charge in [0.15, 0.2) is 11.4 Å². The van der Waals surface area contributed by atoms with Crippen LogP contribution in [-0.2, 0) is 7.05 Å². The number of nitrogens with zero attached hydrogens (tertiary/aromatic N) is 3. The number of benzene rings is 1. The van der Waals surface area contributed by atoms with E-state index in [0.717, 1.165) is 0 Å². The molecule has 0 saturated heterocycles. The number of nitrogens with two attached hydrogens (primary N) is 1. The number of anilines is 1. The normalized spacial score (nSPS) is 11.1. The Bertz CT molecular complexity index is 929. The highest BCUT2D eigenvalue weighted by atomic mass is 16.4. The minimum absolute atomic E-state index is 0.204. The molecule has 0 unspecified atom stereocenters. The third-order valence-corrected chi connectivity index (χ3v) is 3.34. The molecule has 3 aromatic rings. The molecule has 2 heterocycles. The SMILES string of the molecule is Cn1c2ccc(N)cc2c2c(C(=O)O)nnc(C(=O)O)c21. The van der Waals surface area contributed by atoms with Gasteiger partial charge in [0.2, 0.25) is 0 Å². The molecule has 3 rings (SSSR count). The Labute approximate surface area is 117 Å². The molecule has 0 atom stereocenters. The minimum Gasteiger partial charge on any atom is -0.476 e. The van der Waals surface area contributed by atoms with Crippen molar-refractivity contribution >= 4 is 39.4 Å². The fraction of sp³-hybridized carbons (Fsp3) is 0.0769. The van der Waals surface area contributed by atoms with Gasteiger partial charge in [-0.2, -0.15) is 0 Å². The van der Waals surface area contributed by atoms with Gasteiger partial charge in [0.25, 0.3) is 0 Å². The number of aromatic carboxylic acids is 2. The maximum Gasteiger partial charge on any atom is 0.358 e. The summed E-state index contributed by atoms with van der Waals surface area (Å²) in [5, 5.41) is 26.3. The van der Waals surface area contributed by atoms with Crippen molar-refractivity contribution in [2.24, 2.45) is 7.05 Å². The highest BCUT2D eigenvalue weighted by Gasteiger charge is 2.24. The summed E-state index contributed by atoms with van der Waals surface area (Å²) in [5.74, 6) is -2.55. The molecule has 0 bridgehead atoms. The summed E-state index contributed by atoms with van der Waals surface area (Å²) in [5.41, 5.74) is 6.44. The molecule has 1 aromatic carbocycles. The first-order chi connectivity index (χ1) is 9.91. The van der Waals surface area contributed by atoms with Crippen LogP contribution >= 0.6 is 0 Å². The molecule has 21 heavy (non-hydrogen) atoms. The van der Waals surface area contributed by atoms with Crippen LogP contribution in [0, 0.1) is 0 Å². The van der Waals surface area contributed by atoms with E-state index in [9.17, 15) is 19.8 Å². The van der Waals surface area contributed by atoms with Gasteiger partial charge in [-0.05, 0) is 18.2 Å². The molecule has 0 amide bonds. The summed E-state index contributed by atoms with van der Waals surface area (Å²) in [6.07, 6.45) is 0. The summed E-state index contributed by atoms with van der Waals surface area (Å²) < 4.78 is 1.58. The van der Waals surface area contributed by atoms with Gasteiger partial charge in [-0.3, -0.25) is 0 Å². The molecule has 0 saturated carbocycles. The lowest BCUT2D eigenvalue weighted by Gasteiger charge is -2.02. The lowest BCUT2D eigenvalue weighted by Crippen LogP contribution is -2.10. The Morgan fingerprint density at radius 1 is 1.14 bits per heavy atom. The Balaban J connectivity index is 2.66. The molecule has 106 valence electrons. The third kappa shape index (κ3) is 1.69. The van der Waals surface area contributed by atoms with Crippen LogP contribution in [0.3, 0.4) is 0 Å². The van der Waals surface area contributed by atoms with Crippen molar-refractivity contribution in [3.8, 4) is 0 Å². The van der Waals surface area contributed by atoms with E-state index >= 15 is 0 Å². The first-order valence-electron chi connectivity index (χ1n) is 5.92. The number of carbonyl (C=O) groups is 2. The van der Waals surface area contributed by atoms with Crippen molar-refractivity contribution in [2.75, 3.05) is 5.73 Å². The van der Waals surface area contributed by atoms with Crippen LogP contribution in [-0.4, -0.2) is 36.9 Å². The van der Waals surface area contributed by atoms with Crippen LogP contribution in [0.15, 0.2) is 18.2 Å². The fourth-order valence-electron chi connectivity index (χ4n) is 2.47. The number of fused-ring (bicyclic) bond motifs is 3. The molecule has 0 spiro atoms. The van der Waals surface area contributed by atoms with E-state index in [1.165, 1.54) is 0 Å². The van der Waals surface area contributed by atoms with Crippen LogP contribution in [0.1, 0.15) is 21.0 Å². The lowest BCUT2D eigenvalue weighted by molar-refractivity contribution is 0.0672. The van der Waals surface area contributed by atoms with Crippen molar-refractivity contribution in [3.63, 3.8) is 0 Å². The molecule has 0 aliphatic rings. The minimum atomic E-state index is -1.28. The standard InChI is InChI=1S/C13H10N4O4/c1-17-7-3-2-5(14)4-6(7)8-9(12(18)19)15-16-10(11(8)17)13(20)21/h2-4H,14H2,1H3,(H,18,19)(H,20,21). The topological polar surface area (TPSA) is 131 Å². The second kappa shape index (κ2) is 4.17. The van der Waals surface area contributed by atoms with Crippen molar-refractivity contribution < 1.29 is 19.8 Å². The summed E-state index contributed by atoms with van der Waals surface area (Å²) in [6.45, 7) is 0. The van der Waals surface area contributed by atoms with E-state index in [1.54, 1.807) is 29.8 Å². The lowest BCUT2D eigenvalue weighted by atomic mass is 10.1. The van der Waals surface area contributed by atoms with Gasteiger partial charge in [0.1, 0.15) is 0 Å². The van der Waals surface area contributed by atoms with Gasteiger partial charge in [0.05, 0.1) is 5.52 Å². The Hall–Kier alpha value is -3.16. The molecule has 0 radical (unpaired) electrons. The zero-order valence-corrected chi connectivity index (χ0v) is 10.9. The Morgan fingerprint density at radius 2 is 1.76 bits per heavy atom. The van der Waals surface area contributed by atoms with Crippen LogP contribution in [0.4, 0.5) is 5.69 Å². The van der Waals surface area contributed by atoms with Crippen LogP contribution < -0.4 is 5.73 Å². The molecule has 0 fully saturated rings. The fourth-order valence-corrected chi connectivity index (χ4v) is 2.47. The van der Waals surface area contributed by atoms with Gasteiger partial charge < -0.3 is 20.5 Å². The largest absolute Gasteiger partial charge is 0.476 e. The first kappa shape index (κ1) is 12.9. The summed E-state index contributed by atoms with van der Waals surface area (Å²) in [4.78, 5) is 22.6. The zero-order chi connectivity index (χ0) is 15.3. The first-order valence-corrected chi connectivity index (χ1v) is 5.92. The van der Waals surface area contributed by atoms with E-state index in [-0.39, 0.29) is 22.3 Å². The predicted octanol–water partition coefficient (Wildman–Crippen LogP) is 1.10. The van der Waals surface area contributed by atoms with Gasteiger partial charge in [-0.25, -0.2) is 9.59 Å². The molecule has 0 aliphatic heterocycles. The van der Waals surface area contributed by atoms with Crippen molar-refractivity contribution in [2.45, 2.75) is 0 Å². The predicted molar refractivity (Wildman–Crippen MR) is 74.3 cm³/mol. The highest BCUT2D eigenvalue weighted by Crippen LogP contribution is 2.32. The molecular weight excluding hydrogens is 276 g/mol. The average molecular weight is 286 g/mol. The van der Waals surface area contributed by atoms with Gasteiger partial charge in [0, 0.05) is 29.0 Å². The van der Waals surface area contributed by atoms with Gasteiger partial charge in [-0.15, -0.1) is 10.2 Å². The van der Waals surface area contributed by atoms with Crippen molar-refractivity contribution in [1.82, 2.24) is 14.8 Å². The number of carboxylic acid groups (broad SMARTS) is 2. The molecule has 0 aliphatic carbocycles. The van der Waals surface area contributed by atoms with E-state index in [4.69, 9.17) is 5.73 Å². The Kier molecular flexibility index (Phi) is 2.55. The zero-order valence-electron chi connectivity index (χ0n) is 10.9. The number of rotatable bonds is 2. The third-order valence-electron chi connectivity index (χ3n) is 3.34. The van der Waals surface area contributed by atoms with Gasteiger partial charge >= 0.3 is 11.9 Å². The molecule has 2 aromatic heterocycles. The monoisotopic (exact) mass is 286 g/mol. The van der Waals surface area contributed by atoms with Gasteiger partial charge in [-0.1, -0.05) is 0 Å². The smallest absolute Gasteiger partial charge is 0.358 e. The summed E-state index contributed by atoms with van der Waals surface area (Å²) in [7, 11) is 1.64. The van der Waals surface area contributed by atoms with Crippen molar-refractivity contribution in [3.05, 3.63) is 29.6 Å². The number of nitrogen functional groups attached to an aromatic ring is 1. The quantitative estimate of drug-likeness (QED) is 0.601. The second-order valence-corrected chi connectivity index (χ2v) is 4.57.